The molecule has 28 heavy (non-hydrogen) atoms. The Hall–Kier alpha value is -3.20. The summed E-state index contributed by atoms with van der Waals surface area (Å²) in [4.78, 5) is 4.00. The van der Waals surface area contributed by atoms with E-state index in [1.165, 1.54) is 12.3 Å². The molecule has 0 aliphatic carbocycles. The third-order valence-electron chi connectivity index (χ3n) is 3.63. The van der Waals surface area contributed by atoms with Gasteiger partial charge < -0.3 is 9.73 Å². The molecular weight excluding hydrogens is 389 g/mol. The summed E-state index contributed by atoms with van der Waals surface area (Å²) in [5, 5.41) is 7.23. The predicted octanol–water partition coefficient (Wildman–Crippen LogP) is 4.36. The summed E-state index contributed by atoms with van der Waals surface area (Å²) in [5.74, 6) is 0.680. The molecule has 0 amide bonds. The van der Waals surface area contributed by atoms with Crippen molar-refractivity contribution in [3.8, 4) is 11.3 Å². The van der Waals surface area contributed by atoms with Gasteiger partial charge in [0.1, 0.15) is 11.5 Å². The number of aromatic nitrogens is 1. The quantitative estimate of drug-likeness (QED) is 0.376. The Balaban J connectivity index is 1.56. The van der Waals surface area contributed by atoms with Gasteiger partial charge in [0.05, 0.1) is 11.8 Å². The molecule has 0 aliphatic heterocycles. The Morgan fingerprint density at radius 1 is 1.18 bits per heavy atom. The maximum absolute atomic E-state index is 12.8. The van der Waals surface area contributed by atoms with Crippen LogP contribution in [0.5, 0.6) is 0 Å². The van der Waals surface area contributed by atoms with Gasteiger partial charge in [0, 0.05) is 24.5 Å². The number of pyridine rings is 1. The van der Waals surface area contributed by atoms with Crippen LogP contribution in [0, 0.1) is 0 Å². The number of hydrogen-bond acceptors (Lipinski definition) is 4. The zero-order chi connectivity index (χ0) is 20.0. The first-order valence-electron chi connectivity index (χ1n) is 8.15. The van der Waals surface area contributed by atoms with Crippen molar-refractivity contribution in [2.45, 2.75) is 12.7 Å². The lowest BCUT2D eigenvalue weighted by molar-refractivity contribution is -0.137. The van der Waals surface area contributed by atoms with Crippen LogP contribution in [0.4, 0.5) is 13.2 Å². The summed E-state index contributed by atoms with van der Waals surface area (Å²) in [6.45, 7) is 0.496. The summed E-state index contributed by atoms with van der Waals surface area (Å²) in [5.41, 5.74) is 3.20. The molecule has 1 aromatic carbocycles. The number of halogens is 3. The highest BCUT2D eigenvalue weighted by Gasteiger charge is 2.30. The monoisotopic (exact) mass is 404 g/mol. The zero-order valence-electron chi connectivity index (χ0n) is 14.4. The molecule has 2 aromatic heterocycles. The molecule has 0 bridgehead atoms. The van der Waals surface area contributed by atoms with Crippen molar-refractivity contribution in [2.24, 2.45) is 5.10 Å². The van der Waals surface area contributed by atoms with Crippen LogP contribution in [-0.4, -0.2) is 16.3 Å². The van der Waals surface area contributed by atoms with Crippen LogP contribution < -0.4 is 10.7 Å². The van der Waals surface area contributed by atoms with E-state index >= 15 is 0 Å². The van der Waals surface area contributed by atoms with E-state index in [0.717, 1.165) is 17.7 Å². The lowest BCUT2D eigenvalue weighted by Crippen LogP contribution is -2.31. The van der Waals surface area contributed by atoms with Gasteiger partial charge in [0.25, 0.3) is 0 Å². The molecule has 0 radical (unpaired) electrons. The average molecular weight is 404 g/mol. The second kappa shape index (κ2) is 8.66. The number of benzene rings is 1. The Kier molecular flexibility index (Phi) is 6.05. The van der Waals surface area contributed by atoms with Crippen LogP contribution in [0.25, 0.3) is 11.3 Å². The molecule has 0 atom stereocenters. The molecule has 0 unspecified atom stereocenters. The van der Waals surface area contributed by atoms with Crippen molar-refractivity contribution < 1.29 is 17.6 Å². The lowest BCUT2D eigenvalue weighted by atomic mass is 10.1. The number of thiocarbonyl (C=S) groups is 1. The van der Waals surface area contributed by atoms with Crippen LogP contribution in [0.2, 0.25) is 0 Å². The number of nitrogens with one attached hydrogen (secondary N) is 2. The third kappa shape index (κ3) is 5.40. The number of hydrazone groups is 1. The van der Waals surface area contributed by atoms with Crippen molar-refractivity contribution in [2.75, 3.05) is 0 Å². The molecule has 0 saturated carbocycles. The maximum atomic E-state index is 12.8. The van der Waals surface area contributed by atoms with E-state index in [2.05, 4.69) is 20.8 Å². The largest absolute Gasteiger partial charge is 0.455 e. The standard InChI is InChI=1S/C19H15F3N4OS/c20-19(21,22)15-5-1-4-14(9-15)17-7-6-16(27-17)12-25-26-18(28)24-11-13-3-2-8-23-10-13/h1-10,12H,11H2,(H2,24,26,28). The van der Waals surface area contributed by atoms with Gasteiger partial charge in [-0.15, -0.1) is 0 Å². The molecular formula is C19H15F3N4OS. The summed E-state index contributed by atoms with van der Waals surface area (Å²) in [6.07, 6.45) is 0.378. The number of rotatable bonds is 5. The van der Waals surface area contributed by atoms with E-state index in [0.29, 0.717) is 28.7 Å². The smallest absolute Gasteiger partial charge is 0.416 e. The van der Waals surface area contributed by atoms with Gasteiger partial charge in [0.15, 0.2) is 5.11 Å². The van der Waals surface area contributed by atoms with Crippen molar-refractivity contribution >= 4 is 23.5 Å². The van der Waals surface area contributed by atoms with Crippen molar-refractivity contribution in [3.05, 3.63) is 77.8 Å². The van der Waals surface area contributed by atoms with Crippen LogP contribution in [0.1, 0.15) is 16.9 Å². The van der Waals surface area contributed by atoms with Gasteiger partial charge in [-0.1, -0.05) is 18.2 Å². The molecule has 0 saturated heterocycles. The fourth-order valence-corrected chi connectivity index (χ4v) is 2.43. The number of hydrogen-bond donors (Lipinski definition) is 2. The molecule has 0 aliphatic rings. The minimum atomic E-state index is -4.41. The molecule has 3 rings (SSSR count). The van der Waals surface area contributed by atoms with E-state index in [1.54, 1.807) is 30.6 Å². The first-order valence-corrected chi connectivity index (χ1v) is 8.56. The van der Waals surface area contributed by atoms with Crippen LogP contribution in [-0.2, 0) is 12.7 Å². The third-order valence-corrected chi connectivity index (χ3v) is 3.87. The van der Waals surface area contributed by atoms with E-state index in [1.807, 2.05) is 12.1 Å². The Bertz CT molecular complexity index is 971. The fraction of sp³-hybridized carbons (Fsp3) is 0.105. The summed E-state index contributed by atoms with van der Waals surface area (Å²) >= 11 is 5.11. The van der Waals surface area contributed by atoms with Gasteiger partial charge in [0.2, 0.25) is 0 Å². The Morgan fingerprint density at radius 2 is 2.04 bits per heavy atom. The van der Waals surface area contributed by atoms with E-state index in [9.17, 15) is 13.2 Å². The SMILES string of the molecule is FC(F)(F)c1cccc(-c2ccc(C=NNC(=S)NCc3cccnc3)o2)c1. The van der Waals surface area contributed by atoms with Crippen molar-refractivity contribution in [3.63, 3.8) is 0 Å². The van der Waals surface area contributed by atoms with Gasteiger partial charge >= 0.3 is 6.18 Å². The van der Waals surface area contributed by atoms with Crippen molar-refractivity contribution in [1.29, 1.82) is 0 Å². The maximum Gasteiger partial charge on any atom is 0.416 e. The van der Waals surface area contributed by atoms with Gasteiger partial charge in [-0.3, -0.25) is 10.4 Å². The second-order valence-corrected chi connectivity index (χ2v) is 6.10. The molecule has 2 N–H and O–H groups in total. The minimum absolute atomic E-state index is 0.310. The lowest BCUT2D eigenvalue weighted by Gasteiger charge is -2.07. The fourth-order valence-electron chi connectivity index (χ4n) is 2.31. The van der Waals surface area contributed by atoms with E-state index < -0.39 is 11.7 Å². The van der Waals surface area contributed by atoms with Gasteiger partial charge in [-0.2, -0.15) is 18.3 Å². The van der Waals surface area contributed by atoms with Crippen LogP contribution >= 0.6 is 12.2 Å². The van der Waals surface area contributed by atoms with E-state index in [-0.39, 0.29) is 0 Å². The van der Waals surface area contributed by atoms with E-state index in [4.69, 9.17) is 16.6 Å². The molecule has 0 fully saturated rings. The van der Waals surface area contributed by atoms with Crippen LogP contribution in [0.3, 0.4) is 0 Å². The highest BCUT2D eigenvalue weighted by atomic mass is 32.1. The summed E-state index contributed by atoms with van der Waals surface area (Å²) in [7, 11) is 0. The molecule has 5 nitrogen and oxygen atoms in total. The Morgan fingerprint density at radius 3 is 2.79 bits per heavy atom. The molecule has 0 spiro atoms. The minimum Gasteiger partial charge on any atom is -0.455 e. The number of nitrogens with zero attached hydrogens (tertiary/aromatic N) is 2. The Labute approximate surface area is 164 Å². The van der Waals surface area contributed by atoms with Crippen molar-refractivity contribution in [1.82, 2.24) is 15.7 Å². The topological polar surface area (TPSA) is 62.5 Å². The number of alkyl halides is 3. The predicted molar refractivity (Wildman–Crippen MR) is 104 cm³/mol. The highest BCUT2D eigenvalue weighted by Crippen LogP contribution is 2.32. The molecule has 9 heteroatoms. The summed E-state index contributed by atoms with van der Waals surface area (Å²) in [6, 6.07) is 11.8. The van der Waals surface area contributed by atoms with Gasteiger partial charge in [-0.05, 0) is 48.1 Å². The molecule has 2 heterocycles. The van der Waals surface area contributed by atoms with Crippen LogP contribution in [0.15, 0.2) is 70.4 Å². The zero-order valence-corrected chi connectivity index (χ0v) is 15.2. The number of furan rings is 1. The highest BCUT2D eigenvalue weighted by molar-refractivity contribution is 7.80. The molecule has 3 aromatic rings. The normalized spacial score (nSPS) is 11.5. The second-order valence-electron chi connectivity index (χ2n) is 5.69. The average Bonchev–Trinajstić information content (AvgIpc) is 3.16. The van der Waals surface area contributed by atoms with Gasteiger partial charge in [-0.25, -0.2) is 0 Å². The molecule has 144 valence electrons. The summed E-state index contributed by atoms with van der Waals surface area (Å²) < 4.78 is 44.0. The first kappa shape index (κ1) is 19.6. The first-order chi connectivity index (χ1) is 13.4.